The van der Waals surface area contributed by atoms with Crippen LogP contribution >= 0.6 is 0 Å². The second-order valence-electron chi connectivity index (χ2n) is 9.13. The number of hydrogen-bond acceptors (Lipinski definition) is 4. The highest BCUT2D eigenvalue weighted by Gasteiger charge is 2.40. The Balaban J connectivity index is 2.48. The zero-order valence-electron chi connectivity index (χ0n) is 20.1. The maximum atomic E-state index is 11.7. The van der Waals surface area contributed by atoms with E-state index < -0.39 is 0 Å². The maximum absolute atomic E-state index is 11.7. The van der Waals surface area contributed by atoms with Crippen molar-refractivity contribution in [2.45, 2.75) is 110 Å². The SMILES string of the molecule is CCCO[C@@H]1C[C@H](O)C(C/C=C\CCCC(=O)NC(C)C)[C@H]1/C=C/CCCCCCO. The van der Waals surface area contributed by atoms with Gasteiger partial charge in [0.1, 0.15) is 0 Å². The zero-order valence-corrected chi connectivity index (χ0v) is 20.1. The number of amides is 1. The molecule has 1 rings (SSSR count). The van der Waals surface area contributed by atoms with Crippen LogP contribution in [0.1, 0.15) is 91.4 Å². The summed E-state index contributed by atoms with van der Waals surface area (Å²) in [6.07, 6.45) is 18.8. The van der Waals surface area contributed by atoms with Crippen molar-refractivity contribution in [1.29, 1.82) is 0 Å². The van der Waals surface area contributed by atoms with Crippen molar-refractivity contribution in [3.8, 4) is 0 Å². The van der Waals surface area contributed by atoms with Crippen LogP contribution in [0.3, 0.4) is 0 Å². The lowest BCUT2D eigenvalue weighted by Gasteiger charge is -2.22. The van der Waals surface area contributed by atoms with E-state index in [0.717, 1.165) is 64.4 Å². The fraction of sp³-hybridized carbons (Fsp3) is 0.808. The van der Waals surface area contributed by atoms with E-state index >= 15 is 0 Å². The molecule has 5 nitrogen and oxygen atoms in total. The monoisotopic (exact) mass is 437 g/mol. The molecule has 0 aromatic carbocycles. The molecule has 3 N–H and O–H groups in total. The molecule has 0 radical (unpaired) electrons. The summed E-state index contributed by atoms with van der Waals surface area (Å²) < 4.78 is 6.07. The van der Waals surface area contributed by atoms with Crippen LogP contribution < -0.4 is 5.32 Å². The van der Waals surface area contributed by atoms with Gasteiger partial charge in [-0.05, 0) is 64.7 Å². The smallest absolute Gasteiger partial charge is 0.220 e. The predicted molar refractivity (Wildman–Crippen MR) is 128 cm³/mol. The minimum atomic E-state index is -0.331. The van der Waals surface area contributed by atoms with Crippen LogP contribution in [0.4, 0.5) is 0 Å². The summed E-state index contributed by atoms with van der Waals surface area (Å²) in [4.78, 5) is 11.7. The molecule has 1 aliphatic carbocycles. The molecule has 1 amide bonds. The van der Waals surface area contributed by atoms with Gasteiger partial charge in [-0.3, -0.25) is 4.79 Å². The molecule has 180 valence electrons. The normalized spacial score (nSPS) is 24.1. The molecule has 0 heterocycles. The molecule has 0 aromatic rings. The molecular weight excluding hydrogens is 390 g/mol. The Morgan fingerprint density at radius 1 is 1.10 bits per heavy atom. The highest BCUT2D eigenvalue weighted by Crippen LogP contribution is 2.38. The zero-order chi connectivity index (χ0) is 22.9. The molecular formula is C26H47NO4. The molecule has 5 heteroatoms. The predicted octanol–water partition coefficient (Wildman–Crippen LogP) is 4.92. The summed E-state index contributed by atoms with van der Waals surface area (Å²) >= 11 is 0. The Bertz CT molecular complexity index is 518. The number of carbonyl (C=O) groups is 1. The molecule has 4 atom stereocenters. The second-order valence-corrected chi connectivity index (χ2v) is 9.13. The van der Waals surface area contributed by atoms with Gasteiger partial charge in [0.15, 0.2) is 0 Å². The third-order valence-corrected chi connectivity index (χ3v) is 5.86. The van der Waals surface area contributed by atoms with Crippen molar-refractivity contribution in [3.05, 3.63) is 24.3 Å². The van der Waals surface area contributed by atoms with Gasteiger partial charge < -0.3 is 20.3 Å². The summed E-state index contributed by atoms with van der Waals surface area (Å²) in [5.74, 6) is 0.556. The Labute approximate surface area is 190 Å². The summed E-state index contributed by atoms with van der Waals surface area (Å²) in [5.41, 5.74) is 0. The average Bonchev–Trinajstić information content (AvgIpc) is 3.02. The third kappa shape index (κ3) is 12.4. The lowest BCUT2D eigenvalue weighted by molar-refractivity contribution is -0.121. The summed E-state index contributed by atoms with van der Waals surface area (Å²) in [7, 11) is 0. The van der Waals surface area contributed by atoms with E-state index in [1.807, 2.05) is 13.8 Å². The average molecular weight is 438 g/mol. The van der Waals surface area contributed by atoms with Crippen LogP contribution in [-0.2, 0) is 9.53 Å². The molecule has 0 spiro atoms. The number of rotatable bonds is 17. The van der Waals surface area contributed by atoms with E-state index in [9.17, 15) is 9.90 Å². The van der Waals surface area contributed by atoms with E-state index in [0.29, 0.717) is 12.8 Å². The largest absolute Gasteiger partial charge is 0.396 e. The third-order valence-electron chi connectivity index (χ3n) is 5.86. The first-order valence-electron chi connectivity index (χ1n) is 12.5. The van der Waals surface area contributed by atoms with Crippen LogP contribution in [0, 0.1) is 11.8 Å². The second kappa shape index (κ2) is 17.4. The van der Waals surface area contributed by atoms with Gasteiger partial charge in [0.2, 0.25) is 5.91 Å². The molecule has 0 bridgehead atoms. The van der Waals surface area contributed by atoms with Gasteiger partial charge in [-0.15, -0.1) is 0 Å². The van der Waals surface area contributed by atoms with Crippen LogP contribution in [0.25, 0.3) is 0 Å². The molecule has 1 unspecified atom stereocenters. The van der Waals surface area contributed by atoms with Crippen molar-refractivity contribution in [2.24, 2.45) is 11.8 Å². The molecule has 0 aliphatic heterocycles. The number of unbranched alkanes of at least 4 members (excludes halogenated alkanes) is 5. The Kier molecular flexibility index (Phi) is 15.6. The molecule has 31 heavy (non-hydrogen) atoms. The Morgan fingerprint density at radius 2 is 1.84 bits per heavy atom. The first-order valence-corrected chi connectivity index (χ1v) is 12.5. The van der Waals surface area contributed by atoms with Gasteiger partial charge in [0.05, 0.1) is 12.2 Å². The van der Waals surface area contributed by atoms with E-state index in [4.69, 9.17) is 9.84 Å². The van der Waals surface area contributed by atoms with Crippen LogP contribution in [0.2, 0.25) is 0 Å². The molecule has 1 fully saturated rings. The molecule has 0 aromatic heterocycles. The maximum Gasteiger partial charge on any atom is 0.220 e. The number of aliphatic hydroxyl groups excluding tert-OH is 2. The van der Waals surface area contributed by atoms with Crippen LogP contribution in [0.15, 0.2) is 24.3 Å². The molecule has 0 saturated heterocycles. The van der Waals surface area contributed by atoms with E-state index in [1.165, 1.54) is 0 Å². The van der Waals surface area contributed by atoms with E-state index in [-0.39, 0.29) is 42.6 Å². The van der Waals surface area contributed by atoms with Crippen molar-refractivity contribution in [3.63, 3.8) is 0 Å². The number of ether oxygens (including phenoxy) is 1. The molecule has 1 aliphatic rings. The number of allylic oxidation sites excluding steroid dienone is 3. The summed E-state index contributed by atoms with van der Waals surface area (Å²) in [5, 5.41) is 22.5. The lowest BCUT2D eigenvalue weighted by atomic mass is 9.89. The van der Waals surface area contributed by atoms with E-state index in [2.05, 4.69) is 36.5 Å². The number of aliphatic hydroxyl groups is 2. The van der Waals surface area contributed by atoms with Gasteiger partial charge in [0.25, 0.3) is 0 Å². The minimum Gasteiger partial charge on any atom is -0.396 e. The standard InChI is InChI=1S/C26H47NO4/c1-4-19-31-25-20-24(29)22(23(25)16-12-7-5-6-10-14-18-28)15-11-8-9-13-17-26(30)27-21(2)3/h8,11-12,16,21-25,28-29H,4-7,9-10,13-15,17-20H2,1-3H3,(H,27,30)/b11-8-,16-12+/t22?,23-,24+,25-/m1/s1. The fourth-order valence-electron chi connectivity index (χ4n) is 4.26. The fourth-order valence-corrected chi connectivity index (χ4v) is 4.26. The van der Waals surface area contributed by atoms with Gasteiger partial charge in [0, 0.05) is 38.0 Å². The first kappa shape index (κ1) is 27.9. The van der Waals surface area contributed by atoms with Gasteiger partial charge in [-0.1, -0.05) is 44.1 Å². The van der Waals surface area contributed by atoms with Crippen molar-refractivity contribution >= 4 is 5.91 Å². The Hall–Kier alpha value is -1.17. The highest BCUT2D eigenvalue weighted by molar-refractivity contribution is 5.76. The Morgan fingerprint density at radius 3 is 2.55 bits per heavy atom. The number of hydrogen-bond donors (Lipinski definition) is 3. The highest BCUT2D eigenvalue weighted by atomic mass is 16.5. The van der Waals surface area contributed by atoms with Crippen molar-refractivity contribution < 1.29 is 19.7 Å². The number of nitrogens with one attached hydrogen (secondary N) is 1. The summed E-state index contributed by atoms with van der Waals surface area (Å²) in [6, 6.07) is 0.195. The van der Waals surface area contributed by atoms with Gasteiger partial charge >= 0.3 is 0 Å². The van der Waals surface area contributed by atoms with Crippen molar-refractivity contribution in [2.75, 3.05) is 13.2 Å². The quantitative estimate of drug-likeness (QED) is 0.223. The molecule has 1 saturated carbocycles. The number of carbonyl (C=O) groups excluding carboxylic acids is 1. The lowest BCUT2D eigenvalue weighted by Crippen LogP contribution is -2.29. The minimum absolute atomic E-state index is 0.0960. The topological polar surface area (TPSA) is 78.8 Å². The van der Waals surface area contributed by atoms with Gasteiger partial charge in [-0.2, -0.15) is 0 Å². The summed E-state index contributed by atoms with van der Waals surface area (Å²) in [6.45, 7) is 7.09. The van der Waals surface area contributed by atoms with Crippen molar-refractivity contribution in [1.82, 2.24) is 5.32 Å². The van der Waals surface area contributed by atoms with Gasteiger partial charge in [-0.25, -0.2) is 0 Å². The van der Waals surface area contributed by atoms with E-state index in [1.54, 1.807) is 0 Å². The van der Waals surface area contributed by atoms with Crippen LogP contribution in [-0.4, -0.2) is 47.6 Å². The first-order chi connectivity index (χ1) is 15.0. The van der Waals surface area contributed by atoms with Crippen LogP contribution in [0.5, 0.6) is 0 Å².